The van der Waals surface area contributed by atoms with Crippen molar-refractivity contribution >= 4 is 0 Å². The van der Waals surface area contributed by atoms with Crippen LogP contribution < -0.4 is 16.0 Å². The summed E-state index contributed by atoms with van der Waals surface area (Å²) in [7, 11) is 7.14. The highest BCUT2D eigenvalue weighted by Crippen LogP contribution is 2.52. The summed E-state index contributed by atoms with van der Waals surface area (Å²) in [5, 5.41) is 12.0. The molecule has 3 N–H and O–H groups in total. The number of nitrogens with zero attached hydrogens (tertiary/aromatic N) is 3. The molecule has 1 aliphatic heterocycles. The molecule has 0 aromatic rings. The highest BCUT2D eigenvalue weighted by atomic mass is 15.3. The minimum absolute atomic E-state index is 0.141. The molecule has 5 fully saturated rings. The van der Waals surface area contributed by atoms with Gasteiger partial charge in [0.15, 0.2) is 0 Å². The summed E-state index contributed by atoms with van der Waals surface area (Å²) in [5.41, 5.74) is 0.512. The Morgan fingerprint density at radius 1 is 0.644 bits per heavy atom. The van der Waals surface area contributed by atoms with Gasteiger partial charge < -0.3 is 16.0 Å². The summed E-state index contributed by atoms with van der Waals surface area (Å²) in [4.78, 5) is 8.57. The Balaban J connectivity index is 1.34. The number of nitrogens with one attached hydrogen (secondary N) is 3. The predicted molar refractivity (Wildman–Crippen MR) is 193 cm³/mol. The molecule has 262 valence electrons. The Hall–Kier alpha value is -0.240. The number of rotatable bonds is 11. The van der Waals surface area contributed by atoms with E-state index in [0.29, 0.717) is 36.3 Å². The van der Waals surface area contributed by atoms with Crippen LogP contribution >= 0.6 is 0 Å². The Bertz CT molecular complexity index is 933. The van der Waals surface area contributed by atoms with E-state index >= 15 is 0 Å². The summed E-state index contributed by atoms with van der Waals surface area (Å²) >= 11 is 0. The highest BCUT2D eigenvalue weighted by Gasteiger charge is 2.54. The fourth-order valence-electron chi connectivity index (χ4n) is 10.8. The SMILES string of the molecule is CN[C@H]1CCCC[C@@H]1N(C)C(C)(C)CC1CC(C2CC2N(C)[C@H]2CCCC[C@@H]2NC(C)(C)C)C[C@H](NC(C)(C)C)[C@H]1N1CCC1. The van der Waals surface area contributed by atoms with Crippen LogP contribution in [0, 0.1) is 17.8 Å². The van der Waals surface area contributed by atoms with Crippen molar-refractivity contribution in [2.75, 3.05) is 34.2 Å². The van der Waals surface area contributed by atoms with Gasteiger partial charge in [-0.15, -0.1) is 0 Å². The summed E-state index contributed by atoms with van der Waals surface area (Å²) < 4.78 is 0. The lowest BCUT2D eigenvalue weighted by atomic mass is 9.67. The smallest absolute Gasteiger partial charge is 0.0278 e. The van der Waals surface area contributed by atoms with E-state index in [-0.39, 0.29) is 16.6 Å². The van der Waals surface area contributed by atoms with Crippen molar-refractivity contribution in [1.82, 2.24) is 30.7 Å². The number of hydrogen-bond donors (Lipinski definition) is 3. The van der Waals surface area contributed by atoms with Gasteiger partial charge in [0.2, 0.25) is 0 Å². The fraction of sp³-hybridized carbons (Fsp3) is 1.00. The lowest BCUT2D eigenvalue weighted by Gasteiger charge is -2.55. The summed E-state index contributed by atoms with van der Waals surface area (Å²) in [6, 6.07) is 4.63. The van der Waals surface area contributed by atoms with Gasteiger partial charge in [-0.25, -0.2) is 0 Å². The minimum atomic E-state index is 0.141. The van der Waals surface area contributed by atoms with E-state index in [1.807, 2.05) is 0 Å². The van der Waals surface area contributed by atoms with Crippen molar-refractivity contribution in [2.45, 2.75) is 198 Å². The predicted octanol–water partition coefficient (Wildman–Crippen LogP) is 6.49. The molecule has 0 spiro atoms. The Kier molecular flexibility index (Phi) is 11.5. The number of likely N-dealkylation sites (tertiary alicyclic amines) is 1. The van der Waals surface area contributed by atoms with E-state index < -0.39 is 0 Å². The highest BCUT2D eigenvalue weighted by molar-refractivity contribution is 5.09. The first-order valence-corrected chi connectivity index (χ1v) is 19.5. The van der Waals surface area contributed by atoms with Gasteiger partial charge in [-0.1, -0.05) is 25.7 Å². The van der Waals surface area contributed by atoms with Gasteiger partial charge in [-0.05, 0) is 165 Å². The van der Waals surface area contributed by atoms with E-state index in [2.05, 4.69) is 107 Å². The second-order valence-corrected chi connectivity index (χ2v) is 19.2. The van der Waals surface area contributed by atoms with Crippen LogP contribution in [0.1, 0.15) is 139 Å². The van der Waals surface area contributed by atoms with Crippen LogP contribution in [-0.2, 0) is 0 Å². The third-order valence-electron chi connectivity index (χ3n) is 13.1. The molecule has 0 bridgehead atoms. The van der Waals surface area contributed by atoms with Crippen molar-refractivity contribution < 1.29 is 0 Å². The van der Waals surface area contributed by atoms with E-state index in [1.54, 1.807) is 0 Å². The van der Waals surface area contributed by atoms with Gasteiger partial charge in [-0.2, -0.15) is 0 Å². The molecule has 0 radical (unpaired) electrons. The maximum absolute atomic E-state index is 4.25. The van der Waals surface area contributed by atoms with Crippen molar-refractivity contribution in [3.8, 4) is 0 Å². The monoisotopic (exact) mass is 629 g/mol. The van der Waals surface area contributed by atoms with Gasteiger partial charge in [-0.3, -0.25) is 14.7 Å². The summed E-state index contributed by atoms with van der Waals surface area (Å²) in [6.45, 7) is 22.0. The van der Waals surface area contributed by atoms with Gasteiger partial charge in [0.1, 0.15) is 0 Å². The number of likely N-dealkylation sites (N-methyl/N-ethyl adjacent to an activating group) is 3. The van der Waals surface area contributed by atoms with Crippen molar-refractivity contribution in [2.24, 2.45) is 17.8 Å². The average Bonchev–Trinajstić information content (AvgIpc) is 3.72. The first-order valence-electron chi connectivity index (χ1n) is 19.5. The van der Waals surface area contributed by atoms with Crippen LogP contribution in [0.25, 0.3) is 0 Å². The quantitative estimate of drug-likeness (QED) is 0.243. The standard InChI is InChI=1S/C39H76N6/c1-37(2,3)41-31-18-13-14-19-33(31)43(10)35-25-29(35)27-23-28(36(45-21-16-22-45)32(24-27)42-38(4,5)6)26-39(7,8)44(11)34-20-15-12-17-30(34)40-9/h27-36,40-42H,12-26H2,1-11H3/t27?,28?,29?,30-,31-,32-,33-,34-,35?,36-/m0/s1. The number of hydrogen-bond acceptors (Lipinski definition) is 6. The molecule has 4 aliphatic carbocycles. The molecule has 5 aliphatic rings. The van der Waals surface area contributed by atoms with Gasteiger partial charge in [0.25, 0.3) is 0 Å². The van der Waals surface area contributed by atoms with Crippen LogP contribution in [-0.4, -0.2) is 108 Å². The molecular formula is C39H76N6. The molecule has 6 nitrogen and oxygen atoms in total. The van der Waals surface area contributed by atoms with Crippen LogP contribution in [0.4, 0.5) is 0 Å². The fourth-order valence-corrected chi connectivity index (χ4v) is 10.8. The minimum Gasteiger partial charge on any atom is -0.315 e. The molecule has 1 saturated heterocycles. The van der Waals surface area contributed by atoms with Gasteiger partial charge >= 0.3 is 0 Å². The van der Waals surface area contributed by atoms with Gasteiger partial charge in [0.05, 0.1) is 0 Å². The van der Waals surface area contributed by atoms with Crippen LogP contribution in [0.3, 0.4) is 0 Å². The van der Waals surface area contributed by atoms with Crippen LogP contribution in [0.15, 0.2) is 0 Å². The maximum atomic E-state index is 4.25. The van der Waals surface area contributed by atoms with Crippen molar-refractivity contribution in [3.05, 3.63) is 0 Å². The first-order chi connectivity index (χ1) is 21.1. The molecule has 0 aromatic heterocycles. The average molecular weight is 629 g/mol. The topological polar surface area (TPSA) is 45.8 Å². The van der Waals surface area contributed by atoms with E-state index in [0.717, 1.165) is 23.8 Å². The first kappa shape index (κ1) is 36.1. The normalized spacial score (nSPS) is 38.9. The van der Waals surface area contributed by atoms with Crippen LogP contribution in [0.5, 0.6) is 0 Å². The lowest BCUT2D eigenvalue weighted by molar-refractivity contribution is -0.0311. The molecule has 45 heavy (non-hydrogen) atoms. The Morgan fingerprint density at radius 2 is 1.22 bits per heavy atom. The van der Waals surface area contributed by atoms with E-state index in [1.165, 1.54) is 96.6 Å². The molecule has 4 saturated carbocycles. The second kappa shape index (κ2) is 14.3. The molecule has 1 heterocycles. The second-order valence-electron chi connectivity index (χ2n) is 19.2. The summed E-state index contributed by atoms with van der Waals surface area (Å²) in [5.74, 6) is 2.44. The van der Waals surface area contributed by atoms with Gasteiger partial charge in [0, 0.05) is 58.9 Å². The molecule has 10 atom stereocenters. The molecule has 0 aromatic carbocycles. The molecule has 6 heteroatoms. The van der Waals surface area contributed by atoms with Crippen molar-refractivity contribution in [1.29, 1.82) is 0 Å². The molecule has 5 rings (SSSR count). The Morgan fingerprint density at radius 3 is 1.80 bits per heavy atom. The lowest BCUT2D eigenvalue weighted by Crippen LogP contribution is -2.65. The zero-order valence-electron chi connectivity index (χ0n) is 31.7. The van der Waals surface area contributed by atoms with Crippen molar-refractivity contribution in [3.63, 3.8) is 0 Å². The summed E-state index contributed by atoms with van der Waals surface area (Å²) in [6.07, 6.45) is 17.8. The third-order valence-corrected chi connectivity index (χ3v) is 13.1. The maximum Gasteiger partial charge on any atom is 0.0278 e. The molecule has 0 amide bonds. The molecule has 4 unspecified atom stereocenters. The Labute approximate surface area is 280 Å². The van der Waals surface area contributed by atoms with E-state index in [4.69, 9.17) is 0 Å². The zero-order chi connectivity index (χ0) is 32.7. The van der Waals surface area contributed by atoms with Crippen LogP contribution in [0.2, 0.25) is 0 Å². The zero-order valence-corrected chi connectivity index (χ0v) is 31.7. The third kappa shape index (κ3) is 8.87. The largest absolute Gasteiger partial charge is 0.315 e. The van der Waals surface area contributed by atoms with E-state index in [9.17, 15) is 0 Å². The molecular weight excluding hydrogens is 552 g/mol.